The van der Waals surface area contributed by atoms with Crippen molar-refractivity contribution in [3.05, 3.63) is 48.0 Å². The first-order chi connectivity index (χ1) is 11.1. The van der Waals surface area contributed by atoms with Crippen molar-refractivity contribution in [3.8, 4) is 0 Å². The number of allylic oxidation sites excluding steroid dienone is 1. The van der Waals surface area contributed by atoms with E-state index in [4.69, 9.17) is 4.74 Å². The second-order valence-electron chi connectivity index (χ2n) is 5.17. The number of rotatable bonds is 8. The standard InChI is InChI=1S/C18H27N3O2/c1-5-7-8-13-21(4)18(19-3)20-14-15-9-11-16(12-10-15)17(22)23-6-2/h5,9-12H,1,6-8,13-14H2,2-4H3,(H,19,20). The number of ether oxygens (including phenoxy) is 1. The second kappa shape index (κ2) is 10.4. The molecule has 1 aromatic carbocycles. The van der Waals surface area contributed by atoms with Gasteiger partial charge >= 0.3 is 5.97 Å². The molecule has 0 aliphatic carbocycles. The Balaban J connectivity index is 2.52. The number of hydrogen-bond acceptors (Lipinski definition) is 3. The van der Waals surface area contributed by atoms with Gasteiger partial charge in [-0.2, -0.15) is 0 Å². The molecule has 0 radical (unpaired) electrons. The molecule has 0 unspecified atom stereocenters. The molecule has 5 heteroatoms. The molecule has 0 fully saturated rings. The maximum absolute atomic E-state index is 11.6. The van der Waals surface area contributed by atoms with Crippen LogP contribution in [-0.4, -0.2) is 44.1 Å². The fourth-order valence-corrected chi connectivity index (χ4v) is 2.12. The van der Waals surface area contributed by atoms with Crippen LogP contribution in [0.4, 0.5) is 0 Å². The van der Waals surface area contributed by atoms with E-state index in [9.17, 15) is 4.79 Å². The monoisotopic (exact) mass is 317 g/mol. The summed E-state index contributed by atoms with van der Waals surface area (Å²) in [4.78, 5) is 18.0. The van der Waals surface area contributed by atoms with Crippen molar-refractivity contribution in [2.24, 2.45) is 4.99 Å². The fourth-order valence-electron chi connectivity index (χ4n) is 2.12. The fraction of sp³-hybridized carbons (Fsp3) is 0.444. The second-order valence-corrected chi connectivity index (χ2v) is 5.17. The van der Waals surface area contributed by atoms with Gasteiger partial charge in [0.2, 0.25) is 0 Å². The largest absolute Gasteiger partial charge is 0.462 e. The van der Waals surface area contributed by atoms with E-state index in [1.807, 2.05) is 25.3 Å². The van der Waals surface area contributed by atoms with Crippen molar-refractivity contribution in [2.75, 3.05) is 27.2 Å². The van der Waals surface area contributed by atoms with Crippen LogP contribution in [-0.2, 0) is 11.3 Å². The number of carbonyl (C=O) groups excluding carboxylic acids is 1. The molecule has 0 atom stereocenters. The van der Waals surface area contributed by atoms with Crippen LogP contribution in [0.1, 0.15) is 35.7 Å². The van der Waals surface area contributed by atoms with Gasteiger partial charge in [-0.3, -0.25) is 4.99 Å². The average molecular weight is 317 g/mol. The zero-order chi connectivity index (χ0) is 17.1. The number of nitrogens with zero attached hydrogens (tertiary/aromatic N) is 2. The van der Waals surface area contributed by atoms with Gasteiger partial charge in [-0.25, -0.2) is 4.79 Å². The smallest absolute Gasteiger partial charge is 0.338 e. The predicted octanol–water partition coefficient (Wildman–Crippen LogP) is 2.84. The lowest BCUT2D eigenvalue weighted by Gasteiger charge is -2.21. The Kier molecular flexibility index (Phi) is 8.50. The number of guanidine groups is 1. The first-order valence-electron chi connectivity index (χ1n) is 7.91. The molecule has 0 saturated carbocycles. The highest BCUT2D eigenvalue weighted by Crippen LogP contribution is 2.06. The zero-order valence-electron chi connectivity index (χ0n) is 14.3. The third-order valence-electron chi connectivity index (χ3n) is 3.39. The Morgan fingerprint density at radius 1 is 1.39 bits per heavy atom. The summed E-state index contributed by atoms with van der Waals surface area (Å²) in [7, 11) is 3.79. The van der Waals surface area contributed by atoms with Crippen LogP contribution >= 0.6 is 0 Å². The molecular formula is C18H27N3O2. The van der Waals surface area contributed by atoms with Crippen molar-refractivity contribution < 1.29 is 9.53 Å². The highest BCUT2D eigenvalue weighted by atomic mass is 16.5. The minimum absolute atomic E-state index is 0.287. The van der Waals surface area contributed by atoms with Crippen LogP contribution in [0.2, 0.25) is 0 Å². The van der Waals surface area contributed by atoms with E-state index in [0.717, 1.165) is 30.9 Å². The Morgan fingerprint density at radius 2 is 2.09 bits per heavy atom. The Labute approximate surface area is 139 Å². The molecule has 0 aliphatic heterocycles. The highest BCUT2D eigenvalue weighted by Gasteiger charge is 2.07. The summed E-state index contributed by atoms with van der Waals surface area (Å²) in [5.41, 5.74) is 1.65. The van der Waals surface area contributed by atoms with E-state index in [2.05, 4.69) is 21.8 Å². The Bertz CT molecular complexity index is 524. The molecule has 0 saturated heterocycles. The van der Waals surface area contributed by atoms with Crippen LogP contribution in [0.3, 0.4) is 0 Å². The van der Waals surface area contributed by atoms with Gasteiger partial charge in [-0.15, -0.1) is 6.58 Å². The number of aliphatic imine (C=N–C) groups is 1. The SMILES string of the molecule is C=CCCCN(C)C(=NC)NCc1ccc(C(=O)OCC)cc1. The maximum atomic E-state index is 11.6. The summed E-state index contributed by atoms with van der Waals surface area (Å²) in [6.07, 6.45) is 3.97. The van der Waals surface area contributed by atoms with E-state index >= 15 is 0 Å². The number of esters is 1. The first-order valence-corrected chi connectivity index (χ1v) is 7.91. The first kappa shape index (κ1) is 18.7. The van der Waals surface area contributed by atoms with E-state index in [1.54, 1.807) is 26.1 Å². The molecule has 0 heterocycles. The Hall–Kier alpha value is -2.30. The third kappa shape index (κ3) is 6.55. The van der Waals surface area contributed by atoms with Crippen molar-refractivity contribution in [3.63, 3.8) is 0 Å². The molecular weight excluding hydrogens is 290 g/mol. The molecule has 0 aliphatic rings. The molecule has 0 amide bonds. The van der Waals surface area contributed by atoms with E-state index in [-0.39, 0.29) is 5.97 Å². The van der Waals surface area contributed by atoms with Crippen LogP contribution < -0.4 is 5.32 Å². The lowest BCUT2D eigenvalue weighted by atomic mass is 10.1. The van der Waals surface area contributed by atoms with E-state index < -0.39 is 0 Å². The molecule has 126 valence electrons. The summed E-state index contributed by atoms with van der Waals surface area (Å²) in [6.45, 7) is 7.50. The number of carbonyl (C=O) groups is 1. The van der Waals surface area contributed by atoms with Crippen LogP contribution in [0.25, 0.3) is 0 Å². The minimum atomic E-state index is -0.287. The zero-order valence-corrected chi connectivity index (χ0v) is 14.3. The van der Waals surface area contributed by atoms with Crippen molar-refractivity contribution in [1.29, 1.82) is 0 Å². The van der Waals surface area contributed by atoms with Gasteiger partial charge < -0.3 is 15.0 Å². The normalized spacial score (nSPS) is 11.0. The molecule has 0 bridgehead atoms. The van der Waals surface area contributed by atoms with Gasteiger partial charge in [-0.1, -0.05) is 18.2 Å². The molecule has 0 aromatic heterocycles. The summed E-state index contributed by atoms with van der Waals surface area (Å²) in [5, 5.41) is 3.32. The van der Waals surface area contributed by atoms with Gasteiger partial charge in [0.15, 0.2) is 5.96 Å². The van der Waals surface area contributed by atoms with Crippen LogP contribution in [0, 0.1) is 0 Å². The number of hydrogen-bond donors (Lipinski definition) is 1. The molecule has 1 rings (SSSR count). The Morgan fingerprint density at radius 3 is 2.65 bits per heavy atom. The molecule has 0 spiro atoms. The molecule has 23 heavy (non-hydrogen) atoms. The summed E-state index contributed by atoms with van der Waals surface area (Å²) < 4.78 is 4.97. The minimum Gasteiger partial charge on any atom is -0.462 e. The van der Waals surface area contributed by atoms with Crippen molar-refractivity contribution in [1.82, 2.24) is 10.2 Å². The highest BCUT2D eigenvalue weighted by molar-refractivity contribution is 5.89. The van der Waals surface area contributed by atoms with Crippen molar-refractivity contribution >= 4 is 11.9 Å². The molecule has 1 N–H and O–H groups in total. The van der Waals surface area contributed by atoms with Gasteiger partial charge in [0.05, 0.1) is 12.2 Å². The summed E-state index contributed by atoms with van der Waals surface area (Å²) in [5.74, 6) is 0.563. The number of nitrogens with one attached hydrogen (secondary N) is 1. The quantitative estimate of drug-likeness (QED) is 0.263. The third-order valence-corrected chi connectivity index (χ3v) is 3.39. The predicted molar refractivity (Wildman–Crippen MR) is 94.7 cm³/mol. The van der Waals surface area contributed by atoms with Crippen molar-refractivity contribution in [2.45, 2.75) is 26.3 Å². The number of benzene rings is 1. The number of unbranched alkanes of at least 4 members (excludes halogenated alkanes) is 1. The lowest BCUT2D eigenvalue weighted by molar-refractivity contribution is 0.0526. The average Bonchev–Trinajstić information content (AvgIpc) is 2.56. The van der Waals surface area contributed by atoms with Gasteiger partial charge in [0.25, 0.3) is 0 Å². The topological polar surface area (TPSA) is 53.9 Å². The summed E-state index contributed by atoms with van der Waals surface area (Å²) >= 11 is 0. The maximum Gasteiger partial charge on any atom is 0.338 e. The molecule has 5 nitrogen and oxygen atoms in total. The lowest BCUT2D eigenvalue weighted by Crippen LogP contribution is -2.38. The van der Waals surface area contributed by atoms with Crippen LogP contribution in [0.15, 0.2) is 41.9 Å². The van der Waals surface area contributed by atoms with Gasteiger partial charge in [0.1, 0.15) is 0 Å². The van der Waals surface area contributed by atoms with Crippen LogP contribution in [0.5, 0.6) is 0 Å². The van der Waals surface area contributed by atoms with Gasteiger partial charge in [0, 0.05) is 27.2 Å². The van der Waals surface area contributed by atoms with E-state index in [1.165, 1.54) is 0 Å². The molecule has 1 aromatic rings. The summed E-state index contributed by atoms with van der Waals surface area (Å²) in [6, 6.07) is 7.41. The van der Waals surface area contributed by atoms with E-state index in [0.29, 0.717) is 18.7 Å². The van der Waals surface area contributed by atoms with Gasteiger partial charge in [-0.05, 0) is 37.5 Å².